The quantitative estimate of drug-likeness (QED) is 0.868. The average molecular weight is 244 g/mol. The van der Waals surface area contributed by atoms with Gasteiger partial charge in [-0.2, -0.15) is 0 Å². The number of fused-ring (bicyclic) bond motifs is 1. The van der Waals surface area contributed by atoms with E-state index in [1.165, 1.54) is 4.90 Å². The van der Waals surface area contributed by atoms with E-state index in [2.05, 4.69) is 16.9 Å². The third-order valence-electron chi connectivity index (χ3n) is 2.79. The maximum Gasteiger partial charge on any atom is 0.272 e. The highest BCUT2D eigenvalue weighted by molar-refractivity contribution is 6.04. The van der Waals surface area contributed by atoms with Gasteiger partial charge in [0.05, 0.1) is 5.52 Å². The van der Waals surface area contributed by atoms with E-state index in [0.29, 0.717) is 11.2 Å². The van der Waals surface area contributed by atoms with E-state index in [0.717, 1.165) is 17.4 Å². The Balaban J connectivity index is 2.73. The van der Waals surface area contributed by atoms with Crippen molar-refractivity contribution in [1.29, 1.82) is 0 Å². The van der Waals surface area contributed by atoms with Crippen molar-refractivity contribution in [1.82, 2.24) is 14.9 Å². The number of aryl methyl sites for hydroxylation is 1. The largest absolute Gasteiger partial charge is 0.368 e. The van der Waals surface area contributed by atoms with Gasteiger partial charge in [0.15, 0.2) is 0 Å². The van der Waals surface area contributed by atoms with Crippen LogP contribution >= 0.6 is 0 Å². The van der Waals surface area contributed by atoms with Crippen LogP contribution in [0, 0.1) is 0 Å². The van der Waals surface area contributed by atoms with Crippen molar-refractivity contribution in [3.63, 3.8) is 0 Å². The maximum absolute atomic E-state index is 12.1. The molecule has 0 aliphatic rings. The van der Waals surface area contributed by atoms with Crippen LogP contribution in [0.25, 0.3) is 10.9 Å². The molecule has 1 amide bonds. The molecule has 0 saturated carbocycles. The predicted molar refractivity (Wildman–Crippen MR) is 71.3 cm³/mol. The first-order valence-corrected chi connectivity index (χ1v) is 5.80. The summed E-state index contributed by atoms with van der Waals surface area (Å²) in [5, 5.41) is 0.752. The van der Waals surface area contributed by atoms with Gasteiger partial charge in [0.1, 0.15) is 5.69 Å². The molecule has 18 heavy (non-hydrogen) atoms. The van der Waals surface area contributed by atoms with Crippen LogP contribution in [0.2, 0.25) is 0 Å². The third kappa shape index (κ3) is 2.11. The van der Waals surface area contributed by atoms with Crippen LogP contribution in [-0.2, 0) is 6.42 Å². The summed E-state index contributed by atoms with van der Waals surface area (Å²) in [5.41, 5.74) is 7.84. The van der Waals surface area contributed by atoms with Gasteiger partial charge in [0.2, 0.25) is 5.95 Å². The highest BCUT2D eigenvalue weighted by atomic mass is 16.2. The van der Waals surface area contributed by atoms with Crippen molar-refractivity contribution in [3.8, 4) is 0 Å². The first-order valence-electron chi connectivity index (χ1n) is 5.80. The van der Waals surface area contributed by atoms with Gasteiger partial charge in [0.25, 0.3) is 5.91 Å². The normalized spacial score (nSPS) is 10.6. The van der Waals surface area contributed by atoms with Gasteiger partial charge in [0, 0.05) is 19.5 Å². The van der Waals surface area contributed by atoms with E-state index in [1.54, 1.807) is 14.1 Å². The molecule has 94 valence electrons. The monoisotopic (exact) mass is 244 g/mol. The minimum absolute atomic E-state index is 0.122. The van der Waals surface area contributed by atoms with Gasteiger partial charge in [-0.05, 0) is 24.1 Å². The summed E-state index contributed by atoms with van der Waals surface area (Å²) >= 11 is 0. The topological polar surface area (TPSA) is 72.1 Å². The summed E-state index contributed by atoms with van der Waals surface area (Å²) in [6.07, 6.45) is 0.899. The molecular formula is C13H16N4O. The average Bonchev–Trinajstić information content (AvgIpc) is 2.36. The second-order valence-corrected chi connectivity index (χ2v) is 4.34. The molecule has 0 atom stereocenters. The smallest absolute Gasteiger partial charge is 0.272 e. The Morgan fingerprint density at radius 2 is 2.06 bits per heavy atom. The number of carbonyl (C=O) groups excluding carboxylic acids is 1. The Bertz CT molecular complexity index is 607. The number of hydrogen-bond donors (Lipinski definition) is 1. The molecule has 1 heterocycles. The fourth-order valence-corrected chi connectivity index (χ4v) is 1.79. The number of nitrogen functional groups attached to an aromatic ring is 1. The summed E-state index contributed by atoms with van der Waals surface area (Å²) in [6, 6.07) is 5.81. The molecule has 5 nitrogen and oxygen atoms in total. The molecule has 0 aliphatic carbocycles. The van der Waals surface area contributed by atoms with E-state index in [1.807, 2.05) is 18.2 Å². The Hall–Kier alpha value is -2.17. The number of nitrogens with zero attached hydrogens (tertiary/aromatic N) is 3. The van der Waals surface area contributed by atoms with Crippen molar-refractivity contribution >= 4 is 22.8 Å². The fourth-order valence-electron chi connectivity index (χ4n) is 1.79. The van der Waals surface area contributed by atoms with Gasteiger partial charge in [-0.25, -0.2) is 9.97 Å². The minimum Gasteiger partial charge on any atom is -0.368 e. The second kappa shape index (κ2) is 4.60. The molecule has 1 aromatic carbocycles. The zero-order chi connectivity index (χ0) is 13.3. The van der Waals surface area contributed by atoms with Crippen LogP contribution < -0.4 is 5.73 Å². The highest BCUT2D eigenvalue weighted by Crippen LogP contribution is 2.20. The summed E-state index contributed by atoms with van der Waals surface area (Å²) in [7, 11) is 3.38. The van der Waals surface area contributed by atoms with E-state index >= 15 is 0 Å². The van der Waals surface area contributed by atoms with Crippen LogP contribution in [0.3, 0.4) is 0 Å². The highest BCUT2D eigenvalue weighted by Gasteiger charge is 2.16. The standard InChI is InChI=1S/C13H16N4O/c1-4-8-5-6-10-9(7-8)11(12(18)17(2)3)16-13(14)15-10/h5-7H,4H2,1-3H3,(H2,14,15,16). The lowest BCUT2D eigenvalue weighted by Gasteiger charge is -2.12. The number of anilines is 1. The molecule has 0 saturated heterocycles. The second-order valence-electron chi connectivity index (χ2n) is 4.34. The lowest BCUT2D eigenvalue weighted by molar-refractivity contribution is 0.0824. The summed E-state index contributed by atoms with van der Waals surface area (Å²) < 4.78 is 0. The number of amides is 1. The molecule has 2 N–H and O–H groups in total. The fraction of sp³-hybridized carbons (Fsp3) is 0.308. The molecule has 2 rings (SSSR count). The summed E-state index contributed by atoms with van der Waals surface area (Å²) in [6.45, 7) is 2.06. The first kappa shape index (κ1) is 12.3. The molecule has 0 aliphatic heterocycles. The van der Waals surface area contributed by atoms with Crippen molar-refractivity contribution in [2.24, 2.45) is 0 Å². The first-order chi connectivity index (χ1) is 8.52. The Labute approximate surface area is 106 Å². The lowest BCUT2D eigenvalue weighted by atomic mass is 10.1. The third-order valence-corrected chi connectivity index (χ3v) is 2.79. The molecule has 0 fully saturated rings. The van der Waals surface area contributed by atoms with Gasteiger partial charge < -0.3 is 10.6 Å². The Kier molecular flexibility index (Phi) is 3.14. The van der Waals surface area contributed by atoms with Crippen molar-refractivity contribution in [2.45, 2.75) is 13.3 Å². The summed E-state index contributed by atoms with van der Waals surface area (Å²) in [4.78, 5) is 21.8. The molecular weight excluding hydrogens is 228 g/mol. The molecule has 1 aromatic heterocycles. The van der Waals surface area contributed by atoms with Crippen molar-refractivity contribution in [2.75, 3.05) is 19.8 Å². The molecule has 0 radical (unpaired) electrons. The lowest BCUT2D eigenvalue weighted by Crippen LogP contribution is -2.23. The van der Waals surface area contributed by atoms with Crippen LogP contribution in [0.5, 0.6) is 0 Å². The maximum atomic E-state index is 12.1. The number of nitrogens with two attached hydrogens (primary N) is 1. The number of benzene rings is 1. The van der Waals surface area contributed by atoms with Crippen molar-refractivity contribution in [3.05, 3.63) is 29.5 Å². The van der Waals surface area contributed by atoms with E-state index < -0.39 is 0 Å². The van der Waals surface area contributed by atoms with Crippen LogP contribution in [0.4, 0.5) is 5.95 Å². The summed E-state index contributed by atoms with van der Waals surface area (Å²) in [5.74, 6) is -0.0423. The number of hydrogen-bond acceptors (Lipinski definition) is 4. The number of aromatic nitrogens is 2. The van der Waals surface area contributed by atoms with Gasteiger partial charge in [-0.1, -0.05) is 13.0 Å². The zero-order valence-corrected chi connectivity index (χ0v) is 10.8. The number of carbonyl (C=O) groups is 1. The van der Waals surface area contributed by atoms with E-state index in [9.17, 15) is 4.79 Å². The molecule has 0 unspecified atom stereocenters. The van der Waals surface area contributed by atoms with Crippen LogP contribution in [0.15, 0.2) is 18.2 Å². The molecule has 5 heteroatoms. The van der Waals surface area contributed by atoms with Crippen LogP contribution in [-0.4, -0.2) is 34.9 Å². The number of rotatable bonds is 2. The van der Waals surface area contributed by atoms with Gasteiger partial charge in [-0.3, -0.25) is 4.79 Å². The minimum atomic E-state index is -0.164. The van der Waals surface area contributed by atoms with E-state index in [4.69, 9.17) is 5.73 Å². The Morgan fingerprint density at radius 1 is 1.33 bits per heavy atom. The zero-order valence-electron chi connectivity index (χ0n) is 10.8. The molecule has 2 aromatic rings. The Morgan fingerprint density at radius 3 is 2.67 bits per heavy atom. The molecule has 0 spiro atoms. The van der Waals surface area contributed by atoms with Crippen molar-refractivity contribution < 1.29 is 4.79 Å². The predicted octanol–water partition coefficient (Wildman–Crippen LogP) is 1.48. The van der Waals surface area contributed by atoms with Gasteiger partial charge in [-0.15, -0.1) is 0 Å². The van der Waals surface area contributed by atoms with Gasteiger partial charge >= 0.3 is 0 Å². The van der Waals surface area contributed by atoms with E-state index in [-0.39, 0.29) is 11.9 Å². The SMILES string of the molecule is CCc1ccc2nc(N)nc(C(=O)N(C)C)c2c1. The molecule has 0 bridgehead atoms. The van der Waals surface area contributed by atoms with Crippen LogP contribution in [0.1, 0.15) is 23.0 Å².